The molecule has 0 saturated carbocycles. The zero-order valence-electron chi connectivity index (χ0n) is 6.33. The molecule has 0 aliphatic heterocycles. The van der Waals surface area contributed by atoms with E-state index in [1.807, 2.05) is 13.8 Å². The predicted molar refractivity (Wildman–Crippen MR) is 46.9 cm³/mol. The van der Waals surface area contributed by atoms with Crippen molar-refractivity contribution in [1.29, 1.82) is 0 Å². The zero-order valence-corrected chi connectivity index (χ0v) is 8.05. The summed E-state index contributed by atoms with van der Waals surface area (Å²) in [5.41, 5.74) is 10.3. The third-order valence-corrected chi connectivity index (χ3v) is 1.09. The number of rotatable bonds is 3. The molecule has 0 bridgehead atoms. The molecule has 0 aliphatic carbocycles. The van der Waals surface area contributed by atoms with Crippen molar-refractivity contribution in [3.05, 3.63) is 0 Å². The third-order valence-electron chi connectivity index (χ3n) is 1.09. The Morgan fingerprint density at radius 1 is 1.50 bits per heavy atom. The Hall–Kier alpha value is -0.0900. The Morgan fingerprint density at radius 3 is 2.00 bits per heavy atom. The topological polar surface area (TPSA) is 69.1 Å². The molecule has 4 N–H and O–H groups in total. The van der Waals surface area contributed by atoms with Crippen molar-refractivity contribution in [3.8, 4) is 0 Å². The molecular formula is C6H15BrN2O. The van der Waals surface area contributed by atoms with E-state index < -0.39 is 11.9 Å². The highest BCUT2D eigenvalue weighted by molar-refractivity contribution is 8.93. The fraction of sp³-hybridized carbons (Fsp3) is 0.833. The molecule has 62 valence electrons. The highest BCUT2D eigenvalue weighted by Gasteiger charge is 2.09. The lowest BCUT2D eigenvalue weighted by Gasteiger charge is -2.08. The minimum absolute atomic E-state index is 0. The van der Waals surface area contributed by atoms with E-state index in [1.54, 1.807) is 0 Å². The monoisotopic (exact) mass is 210 g/mol. The Kier molecular flexibility index (Phi) is 7.14. The van der Waals surface area contributed by atoms with E-state index in [9.17, 15) is 4.79 Å². The minimum atomic E-state index is -0.468. The molecule has 0 heterocycles. The van der Waals surface area contributed by atoms with E-state index in [0.717, 1.165) is 0 Å². The molecular weight excluding hydrogens is 196 g/mol. The summed E-state index contributed by atoms with van der Waals surface area (Å²) in [5.74, 6) is 0.0243. The fourth-order valence-corrected chi connectivity index (χ4v) is 0.624. The highest BCUT2D eigenvalue weighted by atomic mass is 79.9. The number of primary amides is 1. The molecule has 0 saturated heterocycles. The number of hydrogen-bond acceptors (Lipinski definition) is 2. The van der Waals surface area contributed by atoms with Crippen LogP contribution in [0.1, 0.15) is 20.3 Å². The SMILES string of the molecule is Br.CC(C)C[C@H](N)C(N)=O. The van der Waals surface area contributed by atoms with E-state index in [1.165, 1.54) is 0 Å². The van der Waals surface area contributed by atoms with Crippen molar-refractivity contribution in [2.75, 3.05) is 0 Å². The van der Waals surface area contributed by atoms with Crippen LogP contribution in [0, 0.1) is 5.92 Å². The Morgan fingerprint density at radius 2 is 1.90 bits per heavy atom. The summed E-state index contributed by atoms with van der Waals surface area (Å²) in [5, 5.41) is 0. The first-order chi connectivity index (χ1) is 4.04. The molecule has 0 aromatic carbocycles. The quantitative estimate of drug-likeness (QED) is 0.710. The lowest BCUT2D eigenvalue weighted by Crippen LogP contribution is -2.37. The van der Waals surface area contributed by atoms with E-state index in [4.69, 9.17) is 11.5 Å². The van der Waals surface area contributed by atoms with Crippen LogP contribution in [0.3, 0.4) is 0 Å². The molecule has 0 fully saturated rings. The first kappa shape index (κ1) is 12.6. The van der Waals surface area contributed by atoms with Gasteiger partial charge >= 0.3 is 0 Å². The molecule has 0 aliphatic rings. The Bertz CT molecular complexity index is 106. The second-order valence-electron chi connectivity index (χ2n) is 2.64. The maximum absolute atomic E-state index is 10.3. The van der Waals surface area contributed by atoms with Crippen molar-refractivity contribution in [2.45, 2.75) is 26.3 Å². The molecule has 1 amide bonds. The molecule has 0 aromatic heterocycles. The maximum Gasteiger partial charge on any atom is 0.234 e. The Balaban J connectivity index is 0. The van der Waals surface area contributed by atoms with Gasteiger partial charge in [0.15, 0.2) is 0 Å². The smallest absolute Gasteiger partial charge is 0.234 e. The van der Waals surface area contributed by atoms with Gasteiger partial charge in [-0.15, -0.1) is 17.0 Å². The van der Waals surface area contributed by atoms with E-state index in [2.05, 4.69) is 0 Å². The minimum Gasteiger partial charge on any atom is -0.368 e. The summed E-state index contributed by atoms with van der Waals surface area (Å²) >= 11 is 0. The van der Waals surface area contributed by atoms with Crippen molar-refractivity contribution in [1.82, 2.24) is 0 Å². The Labute approximate surface area is 71.9 Å². The van der Waals surface area contributed by atoms with Gasteiger partial charge in [-0.1, -0.05) is 13.8 Å². The summed E-state index contributed by atoms with van der Waals surface area (Å²) in [4.78, 5) is 10.3. The molecule has 0 rings (SSSR count). The van der Waals surface area contributed by atoms with Crippen LogP contribution in [0.15, 0.2) is 0 Å². The lowest BCUT2D eigenvalue weighted by atomic mass is 10.0. The van der Waals surface area contributed by atoms with Crippen LogP contribution in [0.2, 0.25) is 0 Å². The van der Waals surface area contributed by atoms with Crippen LogP contribution in [0.4, 0.5) is 0 Å². The van der Waals surface area contributed by atoms with Gasteiger partial charge in [-0.2, -0.15) is 0 Å². The average molecular weight is 211 g/mol. The molecule has 0 spiro atoms. The van der Waals surface area contributed by atoms with Gasteiger partial charge in [0, 0.05) is 0 Å². The van der Waals surface area contributed by atoms with E-state index in [0.29, 0.717) is 12.3 Å². The van der Waals surface area contributed by atoms with E-state index >= 15 is 0 Å². The molecule has 1 atom stereocenters. The number of carbonyl (C=O) groups is 1. The van der Waals surface area contributed by atoms with Crippen molar-refractivity contribution in [2.24, 2.45) is 17.4 Å². The van der Waals surface area contributed by atoms with Gasteiger partial charge in [-0.25, -0.2) is 0 Å². The second-order valence-corrected chi connectivity index (χ2v) is 2.64. The largest absolute Gasteiger partial charge is 0.368 e. The molecule has 0 aromatic rings. The normalized spacial score (nSPS) is 12.4. The third kappa shape index (κ3) is 6.04. The number of nitrogens with two attached hydrogens (primary N) is 2. The lowest BCUT2D eigenvalue weighted by molar-refractivity contribution is -0.119. The number of amides is 1. The maximum atomic E-state index is 10.3. The van der Waals surface area contributed by atoms with Crippen LogP contribution in [0.25, 0.3) is 0 Å². The molecule has 0 radical (unpaired) electrons. The summed E-state index contributed by atoms with van der Waals surface area (Å²) in [6, 6.07) is -0.468. The van der Waals surface area contributed by atoms with Crippen molar-refractivity contribution in [3.63, 3.8) is 0 Å². The van der Waals surface area contributed by atoms with Crippen LogP contribution in [0.5, 0.6) is 0 Å². The molecule has 0 unspecified atom stereocenters. The molecule has 10 heavy (non-hydrogen) atoms. The van der Waals surface area contributed by atoms with Crippen molar-refractivity contribution < 1.29 is 4.79 Å². The van der Waals surface area contributed by atoms with Crippen LogP contribution in [-0.4, -0.2) is 11.9 Å². The van der Waals surface area contributed by atoms with Gasteiger partial charge in [0.1, 0.15) is 0 Å². The highest BCUT2D eigenvalue weighted by Crippen LogP contribution is 2.00. The number of carbonyl (C=O) groups excluding carboxylic acids is 1. The molecule has 4 heteroatoms. The van der Waals surface area contributed by atoms with Gasteiger partial charge in [0.05, 0.1) is 6.04 Å². The van der Waals surface area contributed by atoms with Crippen molar-refractivity contribution >= 4 is 22.9 Å². The van der Waals surface area contributed by atoms with Gasteiger partial charge in [0.25, 0.3) is 0 Å². The summed E-state index contributed by atoms with van der Waals surface area (Å²) in [7, 11) is 0. The first-order valence-electron chi connectivity index (χ1n) is 3.09. The van der Waals surface area contributed by atoms with E-state index in [-0.39, 0.29) is 17.0 Å². The zero-order chi connectivity index (χ0) is 7.44. The summed E-state index contributed by atoms with van der Waals surface area (Å²) in [6.07, 6.45) is 0.676. The standard InChI is InChI=1S/C6H14N2O.BrH/c1-4(2)3-5(7)6(8)9;/h4-5H,3,7H2,1-2H3,(H2,8,9);1H/t5-;/m0./s1. The predicted octanol–water partition coefficient (Wildman–Crippen LogP) is 0.423. The number of hydrogen-bond donors (Lipinski definition) is 2. The average Bonchev–Trinajstić information content (AvgIpc) is 1.63. The van der Waals surface area contributed by atoms with Crippen LogP contribution < -0.4 is 11.5 Å². The second kappa shape index (κ2) is 5.68. The number of halogens is 1. The van der Waals surface area contributed by atoms with Gasteiger partial charge in [0.2, 0.25) is 5.91 Å². The van der Waals surface area contributed by atoms with Crippen LogP contribution >= 0.6 is 17.0 Å². The van der Waals surface area contributed by atoms with Gasteiger partial charge in [-0.05, 0) is 12.3 Å². The molecule has 3 nitrogen and oxygen atoms in total. The van der Waals surface area contributed by atoms with Gasteiger partial charge in [-0.3, -0.25) is 4.79 Å². The summed E-state index contributed by atoms with van der Waals surface area (Å²) in [6.45, 7) is 4.01. The fourth-order valence-electron chi connectivity index (χ4n) is 0.624. The van der Waals surface area contributed by atoms with Crippen LogP contribution in [-0.2, 0) is 4.79 Å². The first-order valence-corrected chi connectivity index (χ1v) is 3.09. The summed E-state index contributed by atoms with van der Waals surface area (Å²) < 4.78 is 0. The van der Waals surface area contributed by atoms with Gasteiger partial charge < -0.3 is 11.5 Å².